The van der Waals surface area contributed by atoms with Gasteiger partial charge in [-0.15, -0.1) is 6.58 Å². The minimum atomic E-state index is -0.420. The van der Waals surface area contributed by atoms with Gasteiger partial charge >= 0.3 is 0 Å². The van der Waals surface area contributed by atoms with Crippen molar-refractivity contribution < 1.29 is 28.7 Å². The van der Waals surface area contributed by atoms with Gasteiger partial charge in [0.1, 0.15) is 17.3 Å². The maximum absolute atomic E-state index is 12.9. The zero-order valence-electron chi connectivity index (χ0n) is 19.6. The number of hydroxylamine groups is 1. The molecule has 1 saturated heterocycles. The summed E-state index contributed by atoms with van der Waals surface area (Å²) in [5, 5.41) is 0. The Balaban J connectivity index is 1.83. The number of ketones is 1. The van der Waals surface area contributed by atoms with Crippen molar-refractivity contribution in [2.24, 2.45) is 5.92 Å². The molecule has 1 aromatic rings. The minimum Gasteiger partial charge on any atom is -0.484 e. The summed E-state index contributed by atoms with van der Waals surface area (Å²) in [6.07, 6.45) is 6.68. The lowest BCUT2D eigenvalue weighted by atomic mass is 9.89. The van der Waals surface area contributed by atoms with E-state index in [-0.39, 0.29) is 36.9 Å². The third-order valence-corrected chi connectivity index (χ3v) is 5.70. The molecule has 8 heteroatoms. The van der Waals surface area contributed by atoms with Crippen LogP contribution < -0.4 is 10.2 Å². The highest BCUT2D eigenvalue weighted by Gasteiger charge is 2.36. The van der Waals surface area contributed by atoms with Crippen molar-refractivity contribution >= 4 is 18.1 Å². The van der Waals surface area contributed by atoms with E-state index in [4.69, 9.17) is 14.3 Å². The average molecular weight is 459 g/mol. The fourth-order valence-corrected chi connectivity index (χ4v) is 3.85. The summed E-state index contributed by atoms with van der Waals surface area (Å²) in [5.74, 6) is 0.356. The first kappa shape index (κ1) is 26.1. The van der Waals surface area contributed by atoms with Crippen LogP contribution in [0.5, 0.6) is 5.75 Å². The van der Waals surface area contributed by atoms with Crippen molar-refractivity contribution in [2.45, 2.75) is 51.7 Å². The summed E-state index contributed by atoms with van der Waals surface area (Å²) < 4.78 is 11.1. The van der Waals surface area contributed by atoms with Crippen LogP contribution >= 0.6 is 0 Å². The van der Waals surface area contributed by atoms with Crippen LogP contribution in [0.1, 0.15) is 38.7 Å². The fourth-order valence-electron chi connectivity index (χ4n) is 3.85. The van der Waals surface area contributed by atoms with E-state index in [1.54, 1.807) is 55.4 Å². The molecule has 3 unspecified atom stereocenters. The van der Waals surface area contributed by atoms with Gasteiger partial charge in [0.25, 0.3) is 5.91 Å². The van der Waals surface area contributed by atoms with Crippen LogP contribution in [0.2, 0.25) is 0 Å². The molecule has 1 aliphatic heterocycles. The first-order valence-electron chi connectivity index (χ1n) is 11.1. The van der Waals surface area contributed by atoms with Crippen molar-refractivity contribution in [1.82, 2.24) is 10.4 Å². The molecule has 2 amide bonds. The molecule has 1 aliphatic rings. The van der Waals surface area contributed by atoms with E-state index in [1.165, 1.54) is 0 Å². The monoisotopic (exact) mass is 458 g/mol. The summed E-state index contributed by atoms with van der Waals surface area (Å²) >= 11 is 0. The largest absolute Gasteiger partial charge is 0.484 e. The third-order valence-electron chi connectivity index (χ3n) is 5.70. The average Bonchev–Trinajstić information content (AvgIpc) is 3.29. The highest BCUT2D eigenvalue weighted by atomic mass is 16.7. The molecule has 1 fully saturated rings. The topological polar surface area (TPSA) is 94.2 Å². The van der Waals surface area contributed by atoms with Gasteiger partial charge in [0.2, 0.25) is 6.41 Å². The number of nitrogens with one attached hydrogen (secondary N) is 1. The van der Waals surface area contributed by atoms with Crippen molar-refractivity contribution in [3.63, 3.8) is 0 Å². The number of rotatable bonds is 14. The van der Waals surface area contributed by atoms with Crippen LogP contribution in [0, 0.1) is 5.92 Å². The highest BCUT2D eigenvalue weighted by molar-refractivity contribution is 5.83. The van der Waals surface area contributed by atoms with Gasteiger partial charge < -0.3 is 19.2 Å². The Morgan fingerprint density at radius 2 is 2.03 bits per heavy atom. The van der Waals surface area contributed by atoms with Crippen LogP contribution in [0.25, 0.3) is 0 Å². The van der Waals surface area contributed by atoms with E-state index in [0.717, 1.165) is 24.8 Å². The molecule has 0 aromatic heterocycles. The Labute approximate surface area is 195 Å². The molecule has 0 saturated carbocycles. The van der Waals surface area contributed by atoms with E-state index in [2.05, 4.69) is 12.1 Å². The first-order chi connectivity index (χ1) is 15.9. The standard InChI is InChI=1S/C25H34N2O6/c1-5-6-8-18(2)33-26-24(30)16-32-21-12-10-20(11-13-21)15-23(29)19(3)25(31-4)22-9-7-14-27(22)17-28/h5,8,10-13,17,19,22,25H,1,6-7,9,14-16H2,2-4H3,(H,26,30)/b18-8+. The summed E-state index contributed by atoms with van der Waals surface area (Å²) in [7, 11) is 1.59. The lowest BCUT2D eigenvalue weighted by Gasteiger charge is -2.31. The molecule has 0 aliphatic carbocycles. The van der Waals surface area contributed by atoms with Crippen molar-refractivity contribution in [1.29, 1.82) is 0 Å². The Bertz CT molecular complexity index is 836. The van der Waals surface area contributed by atoms with Gasteiger partial charge in [0.05, 0.1) is 12.1 Å². The molecular weight excluding hydrogens is 424 g/mol. The molecule has 0 spiro atoms. The number of allylic oxidation sites excluding steroid dienone is 3. The van der Waals surface area contributed by atoms with E-state index in [1.807, 2.05) is 6.92 Å². The van der Waals surface area contributed by atoms with Crippen molar-refractivity contribution in [3.05, 3.63) is 54.3 Å². The van der Waals surface area contributed by atoms with Gasteiger partial charge in [0.15, 0.2) is 6.61 Å². The van der Waals surface area contributed by atoms with Crippen LogP contribution in [-0.4, -0.2) is 55.4 Å². The maximum Gasteiger partial charge on any atom is 0.290 e. The predicted molar refractivity (Wildman–Crippen MR) is 124 cm³/mol. The second kappa shape index (κ2) is 13.4. The Morgan fingerprint density at radius 1 is 1.30 bits per heavy atom. The summed E-state index contributed by atoms with van der Waals surface area (Å²) in [5.41, 5.74) is 3.15. The number of benzene rings is 1. The molecule has 1 heterocycles. The molecule has 180 valence electrons. The van der Waals surface area contributed by atoms with Crippen LogP contribution in [0.4, 0.5) is 0 Å². The number of hydrogen-bond acceptors (Lipinski definition) is 6. The predicted octanol–water partition coefficient (Wildman–Crippen LogP) is 2.98. The lowest BCUT2D eigenvalue weighted by molar-refractivity contribution is -0.132. The van der Waals surface area contributed by atoms with Gasteiger partial charge in [-0.25, -0.2) is 0 Å². The van der Waals surface area contributed by atoms with Crippen LogP contribution in [0.15, 0.2) is 48.8 Å². The number of amides is 2. The summed E-state index contributed by atoms with van der Waals surface area (Å²) in [4.78, 5) is 42.8. The van der Waals surface area contributed by atoms with Gasteiger partial charge in [-0.05, 0) is 50.0 Å². The number of likely N-dealkylation sites (tertiary alicyclic amines) is 1. The molecule has 33 heavy (non-hydrogen) atoms. The van der Waals surface area contributed by atoms with Gasteiger partial charge in [0, 0.05) is 26.0 Å². The summed E-state index contributed by atoms with van der Waals surface area (Å²) in [6, 6.07) is 6.96. The molecular formula is C25H34N2O6. The maximum atomic E-state index is 12.9. The second-order valence-electron chi connectivity index (χ2n) is 8.08. The van der Waals surface area contributed by atoms with Crippen LogP contribution in [-0.2, 0) is 30.4 Å². The SMILES string of the molecule is C=CC/C=C(\C)ONC(=O)COc1ccc(CC(=O)C(C)C(OC)C2CCCN2C=O)cc1. The Kier molecular flexibility index (Phi) is 10.6. The van der Waals surface area contributed by atoms with Crippen molar-refractivity contribution in [2.75, 3.05) is 20.3 Å². The molecule has 0 radical (unpaired) electrons. The molecule has 1 N–H and O–H groups in total. The fraction of sp³-hybridized carbons (Fsp3) is 0.480. The smallest absolute Gasteiger partial charge is 0.290 e. The number of methoxy groups -OCH3 is 1. The van der Waals surface area contributed by atoms with Crippen molar-refractivity contribution in [3.8, 4) is 5.75 Å². The van der Waals surface area contributed by atoms with E-state index < -0.39 is 5.91 Å². The molecule has 1 aromatic carbocycles. The zero-order valence-corrected chi connectivity index (χ0v) is 19.6. The van der Waals surface area contributed by atoms with E-state index in [0.29, 0.717) is 24.5 Å². The first-order valence-corrected chi connectivity index (χ1v) is 11.1. The van der Waals surface area contributed by atoms with E-state index >= 15 is 0 Å². The number of hydrogen-bond donors (Lipinski definition) is 1. The second-order valence-corrected chi connectivity index (χ2v) is 8.08. The zero-order chi connectivity index (χ0) is 24.2. The Hall–Kier alpha value is -3.13. The number of Topliss-reactive ketones (excluding diaryl/α,β-unsaturated/α-hetero) is 1. The Morgan fingerprint density at radius 3 is 2.67 bits per heavy atom. The van der Waals surface area contributed by atoms with E-state index in [9.17, 15) is 14.4 Å². The van der Waals surface area contributed by atoms with Crippen LogP contribution in [0.3, 0.4) is 0 Å². The third kappa shape index (κ3) is 8.05. The number of ether oxygens (including phenoxy) is 2. The van der Waals surface area contributed by atoms with Gasteiger partial charge in [-0.1, -0.05) is 25.1 Å². The molecule has 0 bridgehead atoms. The number of carbonyl (C=O) groups is 3. The number of carbonyl (C=O) groups excluding carboxylic acids is 3. The van der Waals surface area contributed by atoms with Gasteiger partial charge in [-0.2, -0.15) is 5.48 Å². The normalized spacial score (nSPS) is 17.7. The summed E-state index contributed by atoms with van der Waals surface area (Å²) in [6.45, 7) is 7.69. The minimum absolute atomic E-state index is 0.0460. The molecule has 2 rings (SSSR count). The lowest BCUT2D eigenvalue weighted by Crippen LogP contribution is -2.45. The highest BCUT2D eigenvalue weighted by Crippen LogP contribution is 2.26. The molecule has 8 nitrogen and oxygen atoms in total. The molecule has 3 atom stereocenters. The van der Waals surface area contributed by atoms with Gasteiger partial charge in [-0.3, -0.25) is 14.4 Å². The quantitative estimate of drug-likeness (QED) is 0.199. The number of nitrogens with zero attached hydrogens (tertiary/aromatic N) is 1.